The third kappa shape index (κ3) is 3.27. The molecule has 1 heterocycles. The lowest BCUT2D eigenvalue weighted by molar-refractivity contribution is -0.308. The predicted molar refractivity (Wildman–Crippen MR) is 54.1 cm³/mol. The molecule has 1 atom stereocenters. The quantitative estimate of drug-likeness (QED) is 0.339. The predicted octanol–water partition coefficient (Wildman–Crippen LogP) is -2.38. The Kier molecular flexibility index (Phi) is 4.02. The highest BCUT2D eigenvalue weighted by Crippen LogP contribution is 2.22. The third-order valence-corrected chi connectivity index (χ3v) is 2.06. The van der Waals surface area contributed by atoms with E-state index in [-0.39, 0.29) is 0 Å². The van der Waals surface area contributed by atoms with Gasteiger partial charge in [-0.05, 0) is 0 Å². The number of hydrogen-bond donors (Lipinski definition) is 1. The van der Waals surface area contributed by atoms with Crippen LogP contribution in [0, 0.1) is 5.92 Å². The molecule has 1 N–H and O–H groups in total. The zero-order valence-electron chi connectivity index (χ0n) is 9.78. The van der Waals surface area contributed by atoms with Crippen molar-refractivity contribution in [1.29, 1.82) is 0 Å². The summed E-state index contributed by atoms with van der Waals surface area (Å²) < 4.78 is 9.57. The van der Waals surface area contributed by atoms with E-state index in [4.69, 9.17) is 14.6 Å². The maximum atomic E-state index is 11.5. The third-order valence-electron chi connectivity index (χ3n) is 2.06. The molecular formula is C10H12NO7-. The average molecular weight is 258 g/mol. The number of carboxylic acid groups (broad SMARTS) is 1. The molecule has 8 nitrogen and oxygen atoms in total. The van der Waals surface area contributed by atoms with Gasteiger partial charge in [0, 0.05) is 20.1 Å². The van der Waals surface area contributed by atoms with Crippen molar-refractivity contribution >= 4 is 24.1 Å². The number of aliphatic hydroxyl groups is 1. The molecule has 1 aliphatic heterocycles. The Hall–Kier alpha value is -1.96. The van der Waals surface area contributed by atoms with E-state index in [9.17, 15) is 19.5 Å². The molecular weight excluding hydrogens is 246 g/mol. The first kappa shape index (κ1) is 14.1. The van der Waals surface area contributed by atoms with Crippen molar-refractivity contribution in [2.24, 2.45) is 10.9 Å². The standard InChI is InChI=1S/C10H13NO7/c1-10(2)17-8(15)5(9(16)18-10)3-11-6(4-12)7(13)14/h3,5-6,12H,4H2,1-2H3,(H,13,14)/p-1/t6-/m1/s1. The molecule has 0 aromatic rings. The lowest BCUT2D eigenvalue weighted by Crippen LogP contribution is -2.47. The number of aliphatic imine (C=N–C) groups is 1. The van der Waals surface area contributed by atoms with Crippen molar-refractivity contribution in [2.45, 2.75) is 25.7 Å². The van der Waals surface area contributed by atoms with Crippen molar-refractivity contribution < 1.29 is 34.1 Å². The van der Waals surface area contributed by atoms with E-state index in [1.807, 2.05) is 0 Å². The van der Waals surface area contributed by atoms with Gasteiger partial charge >= 0.3 is 11.9 Å². The van der Waals surface area contributed by atoms with Crippen LogP contribution in [0.3, 0.4) is 0 Å². The number of carbonyl (C=O) groups is 3. The zero-order valence-corrected chi connectivity index (χ0v) is 9.78. The minimum absolute atomic E-state index is 0.774. The first-order valence-electron chi connectivity index (χ1n) is 5.07. The Morgan fingerprint density at radius 2 is 2.00 bits per heavy atom. The summed E-state index contributed by atoms with van der Waals surface area (Å²) in [6.45, 7) is 1.96. The van der Waals surface area contributed by atoms with Crippen LogP contribution in [0.5, 0.6) is 0 Å². The van der Waals surface area contributed by atoms with Gasteiger partial charge in [-0.15, -0.1) is 0 Å². The number of cyclic esters (lactones) is 2. The van der Waals surface area contributed by atoms with Crippen LogP contribution in [0.2, 0.25) is 0 Å². The molecule has 1 aliphatic rings. The van der Waals surface area contributed by atoms with Crippen LogP contribution in [0.4, 0.5) is 0 Å². The van der Waals surface area contributed by atoms with Crippen LogP contribution < -0.4 is 5.11 Å². The maximum absolute atomic E-state index is 11.5. The molecule has 0 amide bonds. The average Bonchev–Trinajstić information content (AvgIpc) is 2.20. The second-order valence-electron chi connectivity index (χ2n) is 4.04. The number of aliphatic carboxylic acids is 1. The Balaban J connectivity index is 2.79. The van der Waals surface area contributed by atoms with Gasteiger partial charge in [-0.3, -0.25) is 14.6 Å². The fourth-order valence-electron chi connectivity index (χ4n) is 1.22. The fourth-order valence-corrected chi connectivity index (χ4v) is 1.22. The molecule has 0 radical (unpaired) electrons. The molecule has 1 saturated heterocycles. The first-order valence-corrected chi connectivity index (χ1v) is 5.07. The van der Waals surface area contributed by atoms with Gasteiger partial charge in [0.25, 0.3) is 5.79 Å². The van der Waals surface area contributed by atoms with Crippen molar-refractivity contribution in [3.05, 3.63) is 0 Å². The molecule has 0 saturated carbocycles. The van der Waals surface area contributed by atoms with E-state index in [1.54, 1.807) is 0 Å². The molecule has 0 unspecified atom stereocenters. The van der Waals surface area contributed by atoms with Gasteiger partial charge in [-0.1, -0.05) is 0 Å². The van der Waals surface area contributed by atoms with Crippen molar-refractivity contribution in [3.63, 3.8) is 0 Å². The summed E-state index contributed by atoms with van der Waals surface area (Å²) in [6, 6.07) is -1.54. The summed E-state index contributed by atoms with van der Waals surface area (Å²) in [4.78, 5) is 36.7. The monoisotopic (exact) mass is 258 g/mol. The Morgan fingerprint density at radius 3 is 2.39 bits per heavy atom. The smallest absolute Gasteiger partial charge is 0.329 e. The van der Waals surface area contributed by atoms with E-state index in [0.29, 0.717) is 0 Å². The largest absolute Gasteiger partial charge is 0.548 e. The van der Waals surface area contributed by atoms with Crippen LogP contribution in [-0.2, 0) is 23.9 Å². The van der Waals surface area contributed by atoms with Gasteiger partial charge < -0.3 is 24.5 Å². The molecule has 0 aromatic heterocycles. The molecule has 100 valence electrons. The van der Waals surface area contributed by atoms with Gasteiger partial charge in [-0.2, -0.15) is 0 Å². The van der Waals surface area contributed by atoms with E-state index >= 15 is 0 Å². The van der Waals surface area contributed by atoms with Gasteiger partial charge in [-0.25, -0.2) is 0 Å². The van der Waals surface area contributed by atoms with Crippen LogP contribution >= 0.6 is 0 Å². The summed E-state index contributed by atoms with van der Waals surface area (Å²) in [5.41, 5.74) is 0. The summed E-state index contributed by atoms with van der Waals surface area (Å²) in [5.74, 6) is -6.20. The van der Waals surface area contributed by atoms with Crippen LogP contribution in [0.15, 0.2) is 4.99 Å². The highest BCUT2D eigenvalue weighted by atomic mass is 16.7. The number of carbonyl (C=O) groups excluding carboxylic acids is 3. The van der Waals surface area contributed by atoms with Crippen molar-refractivity contribution in [3.8, 4) is 0 Å². The SMILES string of the molecule is CC1(C)OC(=O)C(C=N[C@H](CO)C(=O)[O-])C(=O)O1. The first-order chi connectivity index (χ1) is 8.26. The Bertz CT molecular complexity index is 381. The van der Waals surface area contributed by atoms with Crippen LogP contribution in [-0.4, -0.2) is 47.7 Å². The number of ether oxygens (including phenoxy) is 2. The number of hydrogen-bond acceptors (Lipinski definition) is 8. The van der Waals surface area contributed by atoms with Gasteiger partial charge in [0.15, 0.2) is 5.92 Å². The van der Waals surface area contributed by atoms with E-state index in [0.717, 1.165) is 6.21 Å². The molecule has 0 spiro atoms. The highest BCUT2D eigenvalue weighted by molar-refractivity contribution is 6.10. The molecule has 8 heteroatoms. The number of rotatable bonds is 4. The normalized spacial score (nSPS) is 21.5. The Labute approximate surface area is 102 Å². The molecule has 1 fully saturated rings. The lowest BCUT2D eigenvalue weighted by atomic mass is 10.1. The van der Waals surface area contributed by atoms with E-state index in [1.165, 1.54) is 13.8 Å². The van der Waals surface area contributed by atoms with E-state index in [2.05, 4.69) is 4.99 Å². The second kappa shape index (κ2) is 5.13. The minimum Gasteiger partial charge on any atom is -0.548 e. The van der Waals surface area contributed by atoms with Crippen molar-refractivity contribution in [2.75, 3.05) is 6.61 Å². The van der Waals surface area contributed by atoms with E-state index < -0.39 is 42.3 Å². The highest BCUT2D eigenvalue weighted by Gasteiger charge is 2.42. The molecule has 0 aliphatic carbocycles. The topological polar surface area (TPSA) is 125 Å². The molecule has 18 heavy (non-hydrogen) atoms. The number of carboxylic acids is 1. The van der Waals surface area contributed by atoms with Crippen LogP contribution in [0.25, 0.3) is 0 Å². The molecule has 0 bridgehead atoms. The van der Waals surface area contributed by atoms with Gasteiger partial charge in [0.1, 0.15) is 6.04 Å². The summed E-state index contributed by atoms with van der Waals surface area (Å²) in [5, 5.41) is 19.1. The summed E-state index contributed by atoms with van der Waals surface area (Å²) >= 11 is 0. The summed E-state index contributed by atoms with van der Waals surface area (Å²) in [6.07, 6.45) is 0.774. The van der Waals surface area contributed by atoms with Gasteiger partial charge in [0.2, 0.25) is 0 Å². The molecule has 0 aromatic carbocycles. The van der Waals surface area contributed by atoms with Crippen LogP contribution in [0.1, 0.15) is 13.8 Å². The molecule has 1 rings (SSSR count). The maximum Gasteiger partial charge on any atom is 0.329 e. The number of nitrogens with zero attached hydrogens (tertiary/aromatic N) is 1. The Morgan fingerprint density at radius 1 is 1.50 bits per heavy atom. The fraction of sp³-hybridized carbons (Fsp3) is 0.600. The minimum atomic E-state index is -1.62. The van der Waals surface area contributed by atoms with Gasteiger partial charge in [0.05, 0.1) is 12.6 Å². The van der Waals surface area contributed by atoms with Crippen molar-refractivity contribution in [1.82, 2.24) is 0 Å². The number of aliphatic hydroxyl groups excluding tert-OH is 1. The summed E-state index contributed by atoms with van der Waals surface area (Å²) in [7, 11) is 0. The lowest BCUT2D eigenvalue weighted by Gasteiger charge is -2.31. The second-order valence-corrected chi connectivity index (χ2v) is 4.04. The number of esters is 2. The zero-order chi connectivity index (χ0) is 13.9.